The molecule has 1 heterocycles. The van der Waals surface area contributed by atoms with E-state index in [9.17, 15) is 9.90 Å². The van der Waals surface area contributed by atoms with Crippen LogP contribution in [0.25, 0.3) is 0 Å². The molecule has 1 aromatic rings. The van der Waals surface area contributed by atoms with Crippen molar-refractivity contribution in [3.63, 3.8) is 0 Å². The third-order valence-corrected chi connectivity index (χ3v) is 1.74. The van der Waals surface area contributed by atoms with Gasteiger partial charge in [-0.05, 0) is 7.05 Å². The summed E-state index contributed by atoms with van der Waals surface area (Å²) in [5, 5.41) is 12.3. The topological polar surface area (TPSA) is 80.9 Å². The Morgan fingerprint density at radius 1 is 1.67 bits per heavy atom. The number of aromatic amines is 2. The molecule has 0 spiro atoms. The van der Waals surface area contributed by atoms with Crippen LogP contribution in [0, 0.1) is 0 Å². The number of imidazole rings is 1. The van der Waals surface area contributed by atoms with Crippen LogP contribution in [-0.4, -0.2) is 28.7 Å². The highest BCUT2D eigenvalue weighted by Crippen LogP contribution is 2.15. The first kappa shape index (κ1) is 9.31. The summed E-state index contributed by atoms with van der Waals surface area (Å²) in [6.45, 7) is 0.341. The fourth-order valence-electron chi connectivity index (χ4n) is 0.900. The van der Waals surface area contributed by atoms with Crippen LogP contribution in [0.1, 0.15) is 11.8 Å². The van der Waals surface area contributed by atoms with Crippen molar-refractivity contribution in [2.24, 2.45) is 0 Å². The second-order valence-electron chi connectivity index (χ2n) is 2.38. The van der Waals surface area contributed by atoms with Gasteiger partial charge < -0.3 is 15.4 Å². The molecule has 0 radical (unpaired) electrons. The van der Waals surface area contributed by atoms with Gasteiger partial charge in [-0.25, -0.2) is 4.79 Å². The number of likely N-dealkylation sites (N-methyl/N-ethyl adjacent to an activating group) is 1. The summed E-state index contributed by atoms with van der Waals surface area (Å²) >= 11 is 5.60. The summed E-state index contributed by atoms with van der Waals surface area (Å²) in [5.41, 5.74) is -0.0961. The lowest BCUT2D eigenvalue weighted by Gasteiger charge is -2.06. The maximum absolute atomic E-state index is 10.7. The van der Waals surface area contributed by atoms with E-state index in [-0.39, 0.29) is 5.15 Å². The van der Waals surface area contributed by atoms with Crippen molar-refractivity contribution in [2.45, 2.75) is 6.10 Å². The molecule has 12 heavy (non-hydrogen) atoms. The number of halogens is 1. The van der Waals surface area contributed by atoms with E-state index in [4.69, 9.17) is 11.6 Å². The summed E-state index contributed by atoms with van der Waals surface area (Å²) in [6.07, 6.45) is -0.790. The Labute approximate surface area is 73.8 Å². The van der Waals surface area contributed by atoms with Gasteiger partial charge in [0.1, 0.15) is 11.3 Å². The molecule has 1 unspecified atom stereocenters. The smallest absolute Gasteiger partial charge is 0.324 e. The van der Waals surface area contributed by atoms with Gasteiger partial charge in [0.2, 0.25) is 0 Å². The SMILES string of the molecule is CNCC(O)c1[nH]c(=O)[nH]c1Cl. The third-order valence-electron chi connectivity index (χ3n) is 1.44. The Kier molecular flexibility index (Phi) is 2.91. The molecule has 6 heteroatoms. The lowest BCUT2D eigenvalue weighted by atomic mass is 10.3. The predicted molar refractivity (Wildman–Crippen MR) is 45.3 cm³/mol. The van der Waals surface area contributed by atoms with Crippen molar-refractivity contribution in [3.05, 3.63) is 21.3 Å². The zero-order valence-corrected chi connectivity index (χ0v) is 7.27. The highest BCUT2D eigenvalue weighted by atomic mass is 35.5. The van der Waals surface area contributed by atoms with Gasteiger partial charge in [0.05, 0.1) is 5.69 Å². The number of aromatic nitrogens is 2. The standard InChI is InChI=1S/C6H10ClN3O2/c1-8-2-3(11)4-5(7)10-6(12)9-4/h3,8,11H,2H2,1H3,(H2,9,10,12). The third kappa shape index (κ3) is 1.88. The molecule has 0 bridgehead atoms. The van der Waals surface area contributed by atoms with Crippen LogP contribution in [-0.2, 0) is 0 Å². The molecule has 0 aliphatic heterocycles. The van der Waals surface area contributed by atoms with Gasteiger partial charge in [0.25, 0.3) is 0 Å². The molecule has 0 aromatic carbocycles. The van der Waals surface area contributed by atoms with Crippen molar-refractivity contribution < 1.29 is 5.11 Å². The van der Waals surface area contributed by atoms with Crippen molar-refractivity contribution in [3.8, 4) is 0 Å². The zero-order valence-electron chi connectivity index (χ0n) is 6.52. The molecule has 0 saturated heterocycles. The first-order valence-corrected chi connectivity index (χ1v) is 3.83. The van der Waals surface area contributed by atoms with Gasteiger partial charge in [-0.3, -0.25) is 4.98 Å². The largest absolute Gasteiger partial charge is 0.385 e. The predicted octanol–water partition coefficient (Wildman–Crippen LogP) is -0.391. The lowest BCUT2D eigenvalue weighted by molar-refractivity contribution is 0.173. The summed E-state index contributed by atoms with van der Waals surface area (Å²) in [6, 6.07) is 0. The van der Waals surface area contributed by atoms with Gasteiger partial charge in [-0.1, -0.05) is 11.6 Å². The minimum atomic E-state index is -0.790. The fraction of sp³-hybridized carbons (Fsp3) is 0.500. The Hall–Kier alpha value is -0.780. The van der Waals surface area contributed by atoms with Crippen LogP contribution in [0.4, 0.5) is 0 Å². The summed E-state index contributed by atoms with van der Waals surface area (Å²) in [5.74, 6) is 0. The second kappa shape index (κ2) is 3.75. The van der Waals surface area contributed by atoms with E-state index < -0.39 is 11.8 Å². The summed E-state index contributed by atoms with van der Waals surface area (Å²) in [7, 11) is 1.70. The number of nitrogens with one attached hydrogen (secondary N) is 3. The van der Waals surface area contributed by atoms with Crippen molar-refractivity contribution in [2.75, 3.05) is 13.6 Å². The van der Waals surface area contributed by atoms with Crippen LogP contribution in [0.5, 0.6) is 0 Å². The minimum Gasteiger partial charge on any atom is -0.385 e. The quantitative estimate of drug-likeness (QED) is 0.525. The van der Waals surface area contributed by atoms with E-state index >= 15 is 0 Å². The molecule has 1 aromatic heterocycles. The summed E-state index contributed by atoms with van der Waals surface area (Å²) < 4.78 is 0. The van der Waals surface area contributed by atoms with E-state index in [0.29, 0.717) is 12.2 Å². The molecule has 0 amide bonds. The van der Waals surface area contributed by atoms with E-state index in [1.165, 1.54) is 0 Å². The van der Waals surface area contributed by atoms with Gasteiger partial charge in [0.15, 0.2) is 0 Å². The van der Waals surface area contributed by atoms with Crippen molar-refractivity contribution in [1.82, 2.24) is 15.3 Å². The number of aliphatic hydroxyl groups is 1. The lowest BCUT2D eigenvalue weighted by Crippen LogP contribution is -2.17. The maximum atomic E-state index is 10.7. The molecule has 4 N–H and O–H groups in total. The molecule has 0 saturated carbocycles. The highest BCUT2D eigenvalue weighted by Gasteiger charge is 2.13. The van der Waals surface area contributed by atoms with Gasteiger partial charge in [-0.15, -0.1) is 0 Å². The number of rotatable bonds is 3. The fourth-order valence-corrected chi connectivity index (χ4v) is 1.16. The van der Waals surface area contributed by atoms with E-state index in [2.05, 4.69) is 15.3 Å². The van der Waals surface area contributed by atoms with Gasteiger partial charge in [-0.2, -0.15) is 0 Å². The monoisotopic (exact) mass is 191 g/mol. The van der Waals surface area contributed by atoms with Crippen molar-refractivity contribution >= 4 is 11.6 Å². The number of hydrogen-bond acceptors (Lipinski definition) is 3. The maximum Gasteiger partial charge on any atom is 0.324 e. The number of aliphatic hydroxyl groups excluding tert-OH is 1. The van der Waals surface area contributed by atoms with Crippen molar-refractivity contribution in [1.29, 1.82) is 0 Å². The molecule has 68 valence electrons. The highest BCUT2D eigenvalue weighted by molar-refractivity contribution is 6.30. The number of hydrogen-bond donors (Lipinski definition) is 4. The molecular weight excluding hydrogens is 182 g/mol. The van der Waals surface area contributed by atoms with Crippen LogP contribution < -0.4 is 11.0 Å². The molecule has 5 nitrogen and oxygen atoms in total. The number of H-pyrrole nitrogens is 2. The molecular formula is C6H10ClN3O2. The molecule has 1 atom stereocenters. The Bertz CT molecular complexity index is 306. The van der Waals surface area contributed by atoms with Gasteiger partial charge >= 0.3 is 5.69 Å². The second-order valence-corrected chi connectivity index (χ2v) is 2.76. The van der Waals surface area contributed by atoms with Gasteiger partial charge in [0, 0.05) is 6.54 Å². The summed E-state index contributed by atoms with van der Waals surface area (Å²) in [4.78, 5) is 15.4. The zero-order chi connectivity index (χ0) is 9.14. The van der Waals surface area contributed by atoms with E-state index in [0.717, 1.165) is 0 Å². The van der Waals surface area contributed by atoms with Crippen LogP contribution in [0.15, 0.2) is 4.79 Å². The molecule has 0 aliphatic carbocycles. The van der Waals surface area contributed by atoms with Crippen LogP contribution in [0.2, 0.25) is 5.15 Å². The first-order valence-electron chi connectivity index (χ1n) is 3.45. The Morgan fingerprint density at radius 3 is 2.75 bits per heavy atom. The molecule has 0 fully saturated rings. The first-order chi connectivity index (χ1) is 5.65. The van der Waals surface area contributed by atoms with Crippen LogP contribution >= 0.6 is 11.6 Å². The average Bonchev–Trinajstić information content (AvgIpc) is 2.30. The Balaban J connectivity index is 2.86. The molecule has 1 rings (SSSR count). The van der Waals surface area contributed by atoms with Crippen LogP contribution in [0.3, 0.4) is 0 Å². The minimum absolute atomic E-state index is 0.155. The Morgan fingerprint density at radius 2 is 2.33 bits per heavy atom. The molecule has 0 aliphatic rings. The average molecular weight is 192 g/mol. The van der Waals surface area contributed by atoms with E-state index in [1.807, 2.05) is 0 Å². The van der Waals surface area contributed by atoms with E-state index in [1.54, 1.807) is 7.05 Å². The normalized spacial score (nSPS) is 13.2.